The molecule has 3 rings (SSSR count). The van der Waals surface area contributed by atoms with Gasteiger partial charge in [-0.25, -0.2) is 4.79 Å². The van der Waals surface area contributed by atoms with Crippen LogP contribution in [0.5, 0.6) is 0 Å². The number of amides is 2. The molecule has 0 radical (unpaired) electrons. The Kier molecular flexibility index (Phi) is 4.74. The summed E-state index contributed by atoms with van der Waals surface area (Å²) in [6, 6.07) is 10.4. The number of aryl methyl sites for hydroxylation is 2. The van der Waals surface area contributed by atoms with E-state index in [-0.39, 0.29) is 6.03 Å². The van der Waals surface area contributed by atoms with Gasteiger partial charge >= 0.3 is 6.03 Å². The molecule has 0 bridgehead atoms. The number of nitrogens with zero attached hydrogens (tertiary/aromatic N) is 4. The molecule has 1 saturated heterocycles. The molecule has 0 aliphatic carbocycles. The number of para-hydroxylation sites is 1. The molecular weight excluding hydrogens is 302 g/mol. The van der Waals surface area contributed by atoms with Crippen LogP contribution in [0.2, 0.25) is 0 Å². The molecule has 2 heterocycles. The molecule has 2 aromatic rings. The molecule has 2 amide bonds. The van der Waals surface area contributed by atoms with Gasteiger partial charge in [-0.1, -0.05) is 18.2 Å². The van der Waals surface area contributed by atoms with E-state index in [1.165, 1.54) is 5.69 Å². The van der Waals surface area contributed by atoms with E-state index >= 15 is 0 Å². The van der Waals surface area contributed by atoms with Crippen molar-refractivity contribution in [1.29, 1.82) is 0 Å². The summed E-state index contributed by atoms with van der Waals surface area (Å²) in [5.74, 6) is 0.496. The SMILES string of the molecule is Cc1nn(C)cc1NC(=O)N(C)C[C@H]1CCN(c2ccccc2)C1. The second-order valence-electron chi connectivity index (χ2n) is 6.55. The Hall–Kier alpha value is -2.50. The van der Waals surface area contributed by atoms with Crippen LogP contribution < -0.4 is 10.2 Å². The second kappa shape index (κ2) is 6.95. The highest BCUT2D eigenvalue weighted by Gasteiger charge is 2.25. The summed E-state index contributed by atoms with van der Waals surface area (Å²) in [7, 11) is 3.70. The van der Waals surface area contributed by atoms with Crippen LogP contribution in [-0.4, -0.2) is 47.4 Å². The van der Waals surface area contributed by atoms with E-state index in [0.29, 0.717) is 5.92 Å². The van der Waals surface area contributed by atoms with Crippen LogP contribution in [0.25, 0.3) is 0 Å². The van der Waals surface area contributed by atoms with Gasteiger partial charge in [0.05, 0.1) is 11.4 Å². The zero-order chi connectivity index (χ0) is 17.1. The molecule has 0 saturated carbocycles. The third-order valence-electron chi connectivity index (χ3n) is 4.54. The van der Waals surface area contributed by atoms with Gasteiger partial charge in [0.1, 0.15) is 0 Å². The van der Waals surface area contributed by atoms with Crippen LogP contribution in [0.4, 0.5) is 16.2 Å². The summed E-state index contributed by atoms with van der Waals surface area (Å²) in [5.41, 5.74) is 2.86. The van der Waals surface area contributed by atoms with E-state index in [2.05, 4.69) is 39.6 Å². The van der Waals surface area contributed by atoms with Crippen molar-refractivity contribution >= 4 is 17.4 Å². The molecule has 1 atom stereocenters. The molecule has 24 heavy (non-hydrogen) atoms. The molecule has 0 unspecified atom stereocenters. The highest BCUT2D eigenvalue weighted by Crippen LogP contribution is 2.24. The van der Waals surface area contributed by atoms with E-state index < -0.39 is 0 Å². The van der Waals surface area contributed by atoms with Crippen molar-refractivity contribution in [3.05, 3.63) is 42.2 Å². The first-order valence-electron chi connectivity index (χ1n) is 8.35. The van der Waals surface area contributed by atoms with Crippen LogP contribution in [0.3, 0.4) is 0 Å². The Bertz CT molecular complexity index is 697. The van der Waals surface area contributed by atoms with E-state index in [1.54, 1.807) is 9.58 Å². The Balaban J connectivity index is 1.52. The largest absolute Gasteiger partial charge is 0.371 e. The maximum atomic E-state index is 12.4. The second-order valence-corrected chi connectivity index (χ2v) is 6.55. The Labute approximate surface area is 143 Å². The van der Waals surface area contributed by atoms with Gasteiger partial charge in [0, 0.05) is 45.6 Å². The minimum Gasteiger partial charge on any atom is -0.371 e. The summed E-state index contributed by atoms with van der Waals surface area (Å²) in [6.07, 6.45) is 2.94. The third-order valence-corrected chi connectivity index (χ3v) is 4.54. The van der Waals surface area contributed by atoms with Gasteiger partial charge in [-0.2, -0.15) is 5.10 Å². The number of hydrogen-bond acceptors (Lipinski definition) is 3. The normalized spacial score (nSPS) is 17.1. The van der Waals surface area contributed by atoms with Gasteiger partial charge in [0.25, 0.3) is 0 Å². The molecule has 1 aromatic carbocycles. The van der Waals surface area contributed by atoms with Gasteiger partial charge in [0.2, 0.25) is 0 Å². The fraction of sp³-hybridized carbons (Fsp3) is 0.444. The predicted octanol–water partition coefficient (Wildman–Crippen LogP) is 2.72. The van der Waals surface area contributed by atoms with E-state index in [0.717, 1.165) is 37.4 Å². The van der Waals surface area contributed by atoms with E-state index in [4.69, 9.17) is 0 Å². The number of anilines is 2. The average molecular weight is 327 g/mol. The standard InChI is InChI=1S/C18H25N5O/c1-14-17(13-22(3)20-14)19-18(24)21(2)11-15-9-10-23(12-15)16-7-5-4-6-8-16/h4-8,13,15H,9-12H2,1-3H3,(H,19,24)/t15-/m1/s1. The molecule has 1 fully saturated rings. The summed E-state index contributed by atoms with van der Waals surface area (Å²) in [5, 5.41) is 7.18. The van der Waals surface area contributed by atoms with Crippen molar-refractivity contribution in [2.75, 3.05) is 36.9 Å². The van der Waals surface area contributed by atoms with Crippen molar-refractivity contribution in [3.8, 4) is 0 Å². The molecule has 6 heteroatoms. The molecule has 6 nitrogen and oxygen atoms in total. The van der Waals surface area contributed by atoms with Crippen LogP contribution in [0.15, 0.2) is 36.5 Å². The first-order chi connectivity index (χ1) is 11.5. The average Bonchev–Trinajstić information content (AvgIpc) is 3.15. The summed E-state index contributed by atoms with van der Waals surface area (Å²) >= 11 is 0. The van der Waals surface area contributed by atoms with Gasteiger partial charge in [-0.15, -0.1) is 0 Å². The van der Waals surface area contributed by atoms with Crippen LogP contribution >= 0.6 is 0 Å². The fourth-order valence-electron chi connectivity index (χ4n) is 3.26. The summed E-state index contributed by atoms with van der Waals surface area (Å²) in [4.78, 5) is 16.5. The molecule has 1 aliphatic heterocycles. The van der Waals surface area contributed by atoms with Gasteiger partial charge < -0.3 is 15.1 Å². The maximum Gasteiger partial charge on any atom is 0.321 e. The van der Waals surface area contributed by atoms with Crippen molar-refractivity contribution < 1.29 is 4.79 Å². The lowest BCUT2D eigenvalue weighted by Gasteiger charge is -2.22. The topological polar surface area (TPSA) is 53.4 Å². The van der Waals surface area contributed by atoms with E-state index in [1.807, 2.05) is 33.3 Å². The van der Waals surface area contributed by atoms with Crippen molar-refractivity contribution in [2.24, 2.45) is 13.0 Å². The maximum absolute atomic E-state index is 12.4. The van der Waals surface area contributed by atoms with Crippen LogP contribution in [0, 0.1) is 12.8 Å². The zero-order valence-corrected chi connectivity index (χ0v) is 14.6. The highest BCUT2D eigenvalue weighted by atomic mass is 16.2. The molecule has 1 aliphatic rings. The molecule has 128 valence electrons. The lowest BCUT2D eigenvalue weighted by atomic mass is 10.1. The number of aromatic nitrogens is 2. The first kappa shape index (κ1) is 16.4. The van der Waals surface area contributed by atoms with Crippen LogP contribution in [-0.2, 0) is 7.05 Å². The quantitative estimate of drug-likeness (QED) is 0.939. The number of carbonyl (C=O) groups is 1. The van der Waals surface area contributed by atoms with Crippen LogP contribution in [0.1, 0.15) is 12.1 Å². The number of carbonyl (C=O) groups excluding carboxylic acids is 1. The fourth-order valence-corrected chi connectivity index (χ4v) is 3.26. The minimum absolute atomic E-state index is 0.0794. The lowest BCUT2D eigenvalue weighted by molar-refractivity contribution is 0.215. The lowest BCUT2D eigenvalue weighted by Crippen LogP contribution is -2.36. The summed E-state index contributed by atoms with van der Waals surface area (Å²) < 4.78 is 1.71. The number of rotatable bonds is 4. The number of urea groups is 1. The minimum atomic E-state index is -0.0794. The summed E-state index contributed by atoms with van der Waals surface area (Å²) in [6.45, 7) is 4.69. The third kappa shape index (κ3) is 3.69. The van der Waals surface area contributed by atoms with Gasteiger partial charge in [-0.3, -0.25) is 4.68 Å². The number of nitrogens with one attached hydrogen (secondary N) is 1. The zero-order valence-electron chi connectivity index (χ0n) is 14.6. The van der Waals surface area contributed by atoms with E-state index in [9.17, 15) is 4.79 Å². The molecule has 0 spiro atoms. The van der Waals surface area contributed by atoms with Crippen molar-refractivity contribution in [3.63, 3.8) is 0 Å². The molecule has 1 aromatic heterocycles. The smallest absolute Gasteiger partial charge is 0.321 e. The molecular formula is C18H25N5O. The molecule has 1 N–H and O–H groups in total. The Morgan fingerprint density at radius 2 is 2.12 bits per heavy atom. The number of hydrogen-bond donors (Lipinski definition) is 1. The first-order valence-corrected chi connectivity index (χ1v) is 8.35. The highest BCUT2D eigenvalue weighted by molar-refractivity contribution is 5.89. The Morgan fingerprint density at radius 1 is 1.38 bits per heavy atom. The predicted molar refractivity (Wildman–Crippen MR) is 96.4 cm³/mol. The monoisotopic (exact) mass is 327 g/mol. The van der Waals surface area contributed by atoms with Crippen molar-refractivity contribution in [1.82, 2.24) is 14.7 Å². The van der Waals surface area contributed by atoms with Gasteiger partial charge in [0.15, 0.2) is 0 Å². The number of benzene rings is 1. The Morgan fingerprint density at radius 3 is 2.79 bits per heavy atom. The van der Waals surface area contributed by atoms with Gasteiger partial charge in [-0.05, 0) is 31.4 Å². The van der Waals surface area contributed by atoms with Crippen molar-refractivity contribution in [2.45, 2.75) is 13.3 Å².